The van der Waals surface area contributed by atoms with Gasteiger partial charge >= 0.3 is 5.97 Å². The highest BCUT2D eigenvalue weighted by molar-refractivity contribution is 5.97. The van der Waals surface area contributed by atoms with E-state index in [-0.39, 0.29) is 30.2 Å². The molecule has 110 valence electrons. The van der Waals surface area contributed by atoms with E-state index in [0.717, 1.165) is 0 Å². The summed E-state index contributed by atoms with van der Waals surface area (Å²) in [5.41, 5.74) is 0.288. The number of hydrogen-bond donors (Lipinski definition) is 2. The maximum absolute atomic E-state index is 12.6. The summed E-state index contributed by atoms with van der Waals surface area (Å²) < 4.78 is 0. The molecular weight excluding hydrogens is 258 g/mol. The molecule has 0 radical (unpaired) electrons. The van der Waals surface area contributed by atoms with Crippen molar-refractivity contribution in [1.29, 1.82) is 0 Å². The molecule has 0 bridgehead atoms. The van der Waals surface area contributed by atoms with Crippen LogP contribution in [0.15, 0.2) is 18.2 Å². The number of rotatable bonds is 4. The van der Waals surface area contributed by atoms with E-state index in [1.807, 2.05) is 20.8 Å². The number of benzene rings is 1. The van der Waals surface area contributed by atoms with E-state index in [2.05, 4.69) is 0 Å². The minimum Gasteiger partial charge on any atom is -0.507 e. The maximum Gasteiger partial charge on any atom is 0.305 e. The standard InChI is InChI=1S/C15H21NO4/c1-10-6-5-7-11(13(10)19)14(20)16(15(2,3)4)9-8-12(17)18/h5-7,19H,8-9H2,1-4H3,(H,17,18). The lowest BCUT2D eigenvalue weighted by Gasteiger charge is -2.35. The van der Waals surface area contributed by atoms with Gasteiger partial charge in [0.1, 0.15) is 5.75 Å². The van der Waals surface area contributed by atoms with Crippen LogP contribution in [0.25, 0.3) is 0 Å². The molecule has 0 spiro atoms. The third kappa shape index (κ3) is 3.73. The van der Waals surface area contributed by atoms with Crippen LogP contribution in [0, 0.1) is 6.92 Å². The number of aromatic hydroxyl groups is 1. The third-order valence-corrected chi connectivity index (χ3v) is 3.07. The van der Waals surface area contributed by atoms with E-state index >= 15 is 0 Å². The lowest BCUT2D eigenvalue weighted by molar-refractivity contribution is -0.137. The van der Waals surface area contributed by atoms with E-state index in [4.69, 9.17) is 5.11 Å². The van der Waals surface area contributed by atoms with Crippen LogP contribution in [-0.4, -0.2) is 39.1 Å². The Kier molecular flexibility index (Phi) is 4.76. The smallest absolute Gasteiger partial charge is 0.305 e. The number of carboxylic acid groups (broad SMARTS) is 1. The summed E-state index contributed by atoms with van der Waals surface area (Å²) in [6, 6.07) is 4.95. The Morgan fingerprint density at radius 1 is 1.25 bits per heavy atom. The molecule has 1 aromatic rings. The second kappa shape index (κ2) is 5.94. The monoisotopic (exact) mass is 279 g/mol. The highest BCUT2D eigenvalue weighted by Gasteiger charge is 2.29. The molecule has 20 heavy (non-hydrogen) atoms. The predicted molar refractivity (Wildman–Crippen MR) is 75.9 cm³/mol. The molecule has 0 aromatic heterocycles. The maximum atomic E-state index is 12.6. The molecule has 0 saturated carbocycles. The number of aliphatic carboxylic acids is 1. The van der Waals surface area contributed by atoms with Crippen molar-refractivity contribution >= 4 is 11.9 Å². The number of aryl methyl sites for hydroxylation is 1. The first-order chi connectivity index (χ1) is 9.14. The zero-order valence-corrected chi connectivity index (χ0v) is 12.3. The quantitative estimate of drug-likeness (QED) is 0.887. The van der Waals surface area contributed by atoms with Crippen LogP contribution in [0.3, 0.4) is 0 Å². The van der Waals surface area contributed by atoms with Crippen molar-refractivity contribution in [2.45, 2.75) is 39.7 Å². The molecule has 0 aliphatic heterocycles. The van der Waals surface area contributed by atoms with Crippen molar-refractivity contribution in [1.82, 2.24) is 4.90 Å². The number of carboxylic acids is 1. The minimum absolute atomic E-state index is 0.0536. The first-order valence-electron chi connectivity index (χ1n) is 6.47. The third-order valence-electron chi connectivity index (χ3n) is 3.07. The molecular formula is C15H21NO4. The van der Waals surface area contributed by atoms with Crippen molar-refractivity contribution in [2.75, 3.05) is 6.54 Å². The van der Waals surface area contributed by atoms with Crippen LogP contribution in [0.4, 0.5) is 0 Å². The number of carbonyl (C=O) groups excluding carboxylic acids is 1. The van der Waals surface area contributed by atoms with Crippen LogP contribution >= 0.6 is 0 Å². The zero-order chi connectivity index (χ0) is 15.5. The van der Waals surface area contributed by atoms with Crippen LogP contribution < -0.4 is 0 Å². The number of carbonyl (C=O) groups is 2. The molecule has 0 aliphatic rings. The Balaban J connectivity index is 3.10. The molecule has 0 heterocycles. The molecule has 0 aliphatic carbocycles. The molecule has 0 unspecified atom stereocenters. The summed E-state index contributed by atoms with van der Waals surface area (Å²) in [6.07, 6.45) is -0.129. The van der Waals surface area contributed by atoms with Crippen LogP contribution in [-0.2, 0) is 4.79 Å². The fraction of sp³-hybridized carbons (Fsp3) is 0.467. The number of para-hydroxylation sites is 1. The topological polar surface area (TPSA) is 77.8 Å². The van der Waals surface area contributed by atoms with Gasteiger partial charge in [-0.15, -0.1) is 0 Å². The largest absolute Gasteiger partial charge is 0.507 e. The minimum atomic E-state index is -0.958. The van der Waals surface area contributed by atoms with Crippen molar-refractivity contribution in [2.24, 2.45) is 0 Å². The summed E-state index contributed by atoms with van der Waals surface area (Å²) in [5, 5.41) is 18.8. The normalized spacial score (nSPS) is 11.2. The molecule has 2 N–H and O–H groups in total. The molecule has 0 atom stereocenters. The first kappa shape index (κ1) is 16.0. The number of amides is 1. The van der Waals surface area contributed by atoms with Gasteiger partial charge in [-0.3, -0.25) is 9.59 Å². The van der Waals surface area contributed by atoms with Crippen molar-refractivity contribution in [3.63, 3.8) is 0 Å². The van der Waals surface area contributed by atoms with Crippen LogP contribution in [0.1, 0.15) is 43.1 Å². The van der Waals surface area contributed by atoms with E-state index in [1.165, 1.54) is 4.90 Å². The average molecular weight is 279 g/mol. The van der Waals surface area contributed by atoms with Gasteiger partial charge in [0.2, 0.25) is 0 Å². The summed E-state index contributed by atoms with van der Waals surface area (Å²) in [5.74, 6) is -1.37. The fourth-order valence-electron chi connectivity index (χ4n) is 1.93. The molecule has 0 saturated heterocycles. The van der Waals surface area contributed by atoms with Crippen molar-refractivity contribution in [3.05, 3.63) is 29.3 Å². The first-order valence-corrected chi connectivity index (χ1v) is 6.47. The van der Waals surface area contributed by atoms with Crippen molar-refractivity contribution < 1.29 is 19.8 Å². The Hall–Kier alpha value is -2.04. The lowest BCUT2D eigenvalue weighted by atomic mass is 10.0. The van der Waals surface area contributed by atoms with Crippen molar-refractivity contribution in [3.8, 4) is 5.75 Å². The number of phenolic OH excluding ortho intramolecular Hbond substituents is 1. The van der Waals surface area contributed by atoms with Crippen LogP contribution in [0.5, 0.6) is 5.75 Å². The second-order valence-corrected chi connectivity index (χ2v) is 5.74. The number of hydrogen-bond acceptors (Lipinski definition) is 3. The van der Waals surface area contributed by atoms with Gasteiger partial charge in [0.15, 0.2) is 0 Å². The number of nitrogens with zero attached hydrogens (tertiary/aromatic N) is 1. The molecule has 1 rings (SSSR count). The summed E-state index contributed by atoms with van der Waals surface area (Å²) in [4.78, 5) is 24.7. The van der Waals surface area contributed by atoms with E-state index in [1.54, 1.807) is 25.1 Å². The molecule has 1 amide bonds. The highest BCUT2D eigenvalue weighted by atomic mass is 16.4. The van der Waals surface area contributed by atoms with Gasteiger partial charge in [-0.2, -0.15) is 0 Å². The van der Waals surface area contributed by atoms with Gasteiger partial charge in [-0.05, 0) is 39.3 Å². The summed E-state index contributed by atoms with van der Waals surface area (Å²) in [7, 11) is 0. The zero-order valence-electron chi connectivity index (χ0n) is 12.3. The molecule has 1 aromatic carbocycles. The fourth-order valence-corrected chi connectivity index (χ4v) is 1.93. The molecule has 0 fully saturated rings. The number of phenols is 1. The Bertz CT molecular complexity index is 517. The van der Waals surface area contributed by atoms with E-state index in [0.29, 0.717) is 5.56 Å². The second-order valence-electron chi connectivity index (χ2n) is 5.74. The Morgan fingerprint density at radius 2 is 1.85 bits per heavy atom. The Labute approximate surface area is 118 Å². The van der Waals surface area contributed by atoms with Gasteiger partial charge in [-0.1, -0.05) is 12.1 Å². The van der Waals surface area contributed by atoms with E-state index < -0.39 is 11.5 Å². The van der Waals surface area contributed by atoms with Gasteiger partial charge in [0, 0.05) is 12.1 Å². The van der Waals surface area contributed by atoms with Gasteiger partial charge in [0.05, 0.1) is 12.0 Å². The molecule has 5 nitrogen and oxygen atoms in total. The van der Waals surface area contributed by atoms with Crippen LogP contribution in [0.2, 0.25) is 0 Å². The van der Waals surface area contributed by atoms with Gasteiger partial charge in [-0.25, -0.2) is 0 Å². The SMILES string of the molecule is Cc1cccc(C(=O)N(CCC(=O)O)C(C)(C)C)c1O. The Morgan fingerprint density at radius 3 is 2.35 bits per heavy atom. The summed E-state index contributed by atoms with van der Waals surface area (Å²) in [6.45, 7) is 7.31. The average Bonchev–Trinajstić information content (AvgIpc) is 2.30. The van der Waals surface area contributed by atoms with Gasteiger partial charge in [0.25, 0.3) is 5.91 Å². The predicted octanol–water partition coefficient (Wildman–Crippen LogP) is 2.42. The summed E-state index contributed by atoms with van der Waals surface area (Å²) >= 11 is 0. The lowest BCUT2D eigenvalue weighted by Crippen LogP contribution is -2.46. The van der Waals surface area contributed by atoms with E-state index in [9.17, 15) is 14.7 Å². The van der Waals surface area contributed by atoms with Gasteiger partial charge < -0.3 is 15.1 Å². The molecule has 5 heteroatoms. The highest BCUT2D eigenvalue weighted by Crippen LogP contribution is 2.26.